The summed E-state index contributed by atoms with van der Waals surface area (Å²) >= 11 is 0. The van der Waals surface area contributed by atoms with E-state index in [2.05, 4.69) is 144 Å². The van der Waals surface area contributed by atoms with Crippen LogP contribution in [0.1, 0.15) is 0 Å². The Kier molecular flexibility index (Phi) is 5.78. The Morgan fingerprint density at radius 1 is 0.356 bits per heavy atom. The largest absolute Gasteiger partial charge is 0.309 e. The zero-order valence-corrected chi connectivity index (χ0v) is 24.3. The maximum atomic E-state index is 5.17. The average Bonchev–Trinajstić information content (AvgIpc) is 3.46. The summed E-state index contributed by atoms with van der Waals surface area (Å²) in [6.45, 7) is 0. The number of para-hydroxylation sites is 2. The molecule has 7 aromatic carbocycles. The summed E-state index contributed by atoms with van der Waals surface area (Å²) in [5.74, 6) is 1.94. The Labute approximate surface area is 259 Å². The second kappa shape index (κ2) is 10.2. The molecule has 0 spiro atoms. The number of fused-ring (bicyclic) bond motifs is 6. The Morgan fingerprint density at radius 3 is 1.62 bits per heavy atom. The molecule has 0 aliphatic rings. The number of benzene rings is 7. The maximum absolute atomic E-state index is 5.17. The van der Waals surface area contributed by atoms with Crippen molar-refractivity contribution in [2.45, 2.75) is 0 Å². The highest BCUT2D eigenvalue weighted by atomic mass is 15.0. The van der Waals surface area contributed by atoms with Crippen molar-refractivity contribution in [1.82, 2.24) is 19.5 Å². The van der Waals surface area contributed by atoms with Crippen molar-refractivity contribution >= 4 is 43.4 Å². The van der Waals surface area contributed by atoms with Gasteiger partial charge < -0.3 is 4.57 Å². The van der Waals surface area contributed by atoms with Gasteiger partial charge in [0.15, 0.2) is 17.5 Å². The van der Waals surface area contributed by atoms with E-state index in [4.69, 9.17) is 15.0 Å². The molecule has 9 aromatic rings. The van der Waals surface area contributed by atoms with Crippen LogP contribution in [0.5, 0.6) is 0 Å². The first kappa shape index (κ1) is 25.4. The summed E-state index contributed by atoms with van der Waals surface area (Å²) in [4.78, 5) is 15.3. The predicted molar refractivity (Wildman–Crippen MR) is 185 cm³/mol. The Balaban J connectivity index is 1.29. The van der Waals surface area contributed by atoms with Gasteiger partial charge in [-0.15, -0.1) is 0 Å². The smallest absolute Gasteiger partial charge is 0.164 e. The van der Waals surface area contributed by atoms with Gasteiger partial charge in [0.25, 0.3) is 0 Å². The van der Waals surface area contributed by atoms with E-state index in [1.807, 2.05) is 18.2 Å². The zero-order valence-electron chi connectivity index (χ0n) is 24.3. The molecule has 210 valence electrons. The van der Waals surface area contributed by atoms with Crippen LogP contribution in [-0.2, 0) is 0 Å². The third-order valence-electron chi connectivity index (χ3n) is 8.62. The Bertz CT molecular complexity index is 2490. The molecule has 0 saturated heterocycles. The first-order valence-corrected chi connectivity index (χ1v) is 15.1. The van der Waals surface area contributed by atoms with Crippen molar-refractivity contribution in [1.29, 1.82) is 0 Å². The quantitative estimate of drug-likeness (QED) is 0.196. The lowest BCUT2D eigenvalue weighted by atomic mass is 9.97. The van der Waals surface area contributed by atoms with E-state index in [-0.39, 0.29) is 0 Å². The topological polar surface area (TPSA) is 43.6 Å². The van der Waals surface area contributed by atoms with Gasteiger partial charge in [0.05, 0.1) is 11.0 Å². The van der Waals surface area contributed by atoms with Gasteiger partial charge in [0.1, 0.15) is 0 Å². The van der Waals surface area contributed by atoms with E-state index in [9.17, 15) is 0 Å². The van der Waals surface area contributed by atoms with E-state index in [1.165, 1.54) is 32.6 Å². The monoisotopic (exact) mass is 574 g/mol. The van der Waals surface area contributed by atoms with Crippen molar-refractivity contribution in [2.24, 2.45) is 0 Å². The molecule has 0 radical (unpaired) electrons. The van der Waals surface area contributed by atoms with Crippen LogP contribution in [0.4, 0.5) is 0 Å². The lowest BCUT2D eigenvalue weighted by molar-refractivity contribution is 1.07. The first-order valence-electron chi connectivity index (χ1n) is 15.1. The molecular weight excluding hydrogens is 548 g/mol. The van der Waals surface area contributed by atoms with E-state index >= 15 is 0 Å². The number of nitrogens with zero attached hydrogens (tertiary/aromatic N) is 4. The van der Waals surface area contributed by atoms with E-state index in [0.29, 0.717) is 17.5 Å². The van der Waals surface area contributed by atoms with Crippen molar-refractivity contribution in [2.75, 3.05) is 0 Å². The van der Waals surface area contributed by atoms with Crippen molar-refractivity contribution < 1.29 is 0 Å². The molecule has 4 nitrogen and oxygen atoms in total. The highest BCUT2D eigenvalue weighted by Gasteiger charge is 2.17. The number of aromatic nitrogens is 4. The highest BCUT2D eigenvalue weighted by molar-refractivity contribution is 6.13. The van der Waals surface area contributed by atoms with Crippen molar-refractivity contribution in [3.63, 3.8) is 0 Å². The van der Waals surface area contributed by atoms with Crippen LogP contribution in [0.2, 0.25) is 0 Å². The van der Waals surface area contributed by atoms with Crippen LogP contribution in [0, 0.1) is 0 Å². The number of hydrogen-bond donors (Lipinski definition) is 0. The summed E-state index contributed by atoms with van der Waals surface area (Å²) in [6.07, 6.45) is 0. The molecule has 0 aliphatic carbocycles. The zero-order chi connectivity index (χ0) is 29.7. The summed E-state index contributed by atoms with van der Waals surface area (Å²) < 4.78 is 2.32. The molecule has 0 saturated carbocycles. The minimum Gasteiger partial charge on any atom is -0.309 e. The minimum absolute atomic E-state index is 0.638. The van der Waals surface area contributed by atoms with Gasteiger partial charge in [-0.3, -0.25) is 0 Å². The Morgan fingerprint density at radius 2 is 0.889 bits per heavy atom. The Hall–Kier alpha value is -6.13. The lowest BCUT2D eigenvalue weighted by Crippen LogP contribution is -2.01. The molecule has 0 N–H and O–H groups in total. The molecule has 45 heavy (non-hydrogen) atoms. The van der Waals surface area contributed by atoms with E-state index in [1.54, 1.807) is 0 Å². The van der Waals surface area contributed by atoms with Gasteiger partial charge in [0.2, 0.25) is 0 Å². The fourth-order valence-electron chi connectivity index (χ4n) is 6.57. The molecule has 0 fully saturated rings. The fourth-order valence-corrected chi connectivity index (χ4v) is 6.57. The second-order valence-corrected chi connectivity index (χ2v) is 11.3. The molecule has 0 atom stereocenters. The molecule has 0 aliphatic heterocycles. The van der Waals surface area contributed by atoms with Crippen LogP contribution in [0.3, 0.4) is 0 Å². The van der Waals surface area contributed by atoms with Crippen LogP contribution in [0.25, 0.3) is 83.2 Å². The molecule has 0 amide bonds. The molecule has 0 bridgehead atoms. The van der Waals surface area contributed by atoms with Crippen LogP contribution in [0.15, 0.2) is 158 Å². The normalized spacial score (nSPS) is 11.6. The summed E-state index contributed by atoms with van der Waals surface area (Å²) in [5, 5.41) is 7.13. The standard InChI is InChI=1S/C41H26N4/c1-2-13-27(14-3-1)39-42-40(44-41(43-39)36-26-28-15-4-5-18-31(28)32-19-6-7-20-33(32)36)29-16-12-17-30(25-29)45-37-23-10-8-21-34(37)35-22-9-11-24-38(35)45/h1-26H. The number of hydrogen-bond acceptors (Lipinski definition) is 3. The third-order valence-corrected chi connectivity index (χ3v) is 8.62. The van der Waals surface area contributed by atoms with Gasteiger partial charge in [-0.25, -0.2) is 15.0 Å². The van der Waals surface area contributed by atoms with E-state index < -0.39 is 0 Å². The number of rotatable bonds is 4. The van der Waals surface area contributed by atoms with E-state index in [0.717, 1.165) is 33.2 Å². The van der Waals surface area contributed by atoms with Gasteiger partial charge in [-0.2, -0.15) is 0 Å². The van der Waals surface area contributed by atoms with Crippen molar-refractivity contribution in [3.8, 4) is 39.9 Å². The molecule has 4 heteroatoms. The van der Waals surface area contributed by atoms with Crippen LogP contribution >= 0.6 is 0 Å². The maximum Gasteiger partial charge on any atom is 0.164 e. The van der Waals surface area contributed by atoms with Gasteiger partial charge in [-0.05, 0) is 51.9 Å². The second-order valence-electron chi connectivity index (χ2n) is 11.3. The average molecular weight is 575 g/mol. The highest BCUT2D eigenvalue weighted by Crippen LogP contribution is 2.36. The molecular formula is C41H26N4. The minimum atomic E-state index is 0.638. The van der Waals surface area contributed by atoms with Crippen LogP contribution in [-0.4, -0.2) is 19.5 Å². The SMILES string of the molecule is c1ccc(-c2nc(-c3cccc(-n4c5ccccc5c5ccccc54)c3)nc(-c3cc4ccccc4c4ccccc34)n2)cc1. The molecule has 2 heterocycles. The first-order chi connectivity index (χ1) is 22.3. The van der Waals surface area contributed by atoms with Gasteiger partial charge in [-0.1, -0.05) is 127 Å². The van der Waals surface area contributed by atoms with Crippen LogP contribution < -0.4 is 0 Å². The lowest BCUT2D eigenvalue weighted by Gasteiger charge is -2.13. The summed E-state index contributed by atoms with van der Waals surface area (Å²) in [5.41, 5.74) is 6.26. The fraction of sp³-hybridized carbons (Fsp3) is 0. The predicted octanol–water partition coefficient (Wildman–Crippen LogP) is 10.3. The summed E-state index contributed by atoms with van der Waals surface area (Å²) in [6, 6.07) is 55.0. The summed E-state index contributed by atoms with van der Waals surface area (Å²) in [7, 11) is 0. The van der Waals surface area contributed by atoms with Crippen molar-refractivity contribution in [3.05, 3.63) is 158 Å². The van der Waals surface area contributed by atoms with Gasteiger partial charge in [0, 0.05) is 33.2 Å². The molecule has 2 aromatic heterocycles. The molecule has 0 unspecified atom stereocenters. The molecule has 9 rings (SSSR count). The third kappa shape index (κ3) is 4.19. The van der Waals surface area contributed by atoms with Gasteiger partial charge >= 0.3 is 0 Å².